The first-order valence-electron chi connectivity index (χ1n) is 4.79. The summed E-state index contributed by atoms with van der Waals surface area (Å²) in [5.41, 5.74) is 0. The molecule has 4 heteroatoms. The topological polar surface area (TPSA) is 69.6 Å². The normalized spacial score (nSPS) is 12.5. The minimum atomic E-state index is -0.904. The summed E-state index contributed by atoms with van der Waals surface area (Å²) in [5, 5.41) is 19.9. The molecule has 0 radical (unpaired) electrons. The number of carbonyl (C=O) groups is 1. The highest BCUT2D eigenvalue weighted by atomic mass is 16.3. The first-order valence-corrected chi connectivity index (χ1v) is 4.79. The van der Waals surface area contributed by atoms with Crippen LogP contribution in [-0.2, 0) is 4.79 Å². The zero-order valence-corrected chi connectivity index (χ0v) is 8.12. The van der Waals surface area contributed by atoms with E-state index in [1.165, 1.54) is 0 Å². The maximum absolute atomic E-state index is 11.1. The molecule has 0 bridgehead atoms. The Morgan fingerprint density at radius 3 is 2.69 bits per heavy atom. The fourth-order valence-corrected chi connectivity index (χ4v) is 0.988. The lowest BCUT2D eigenvalue weighted by atomic mass is 10.2. The molecule has 0 heterocycles. The zero-order valence-electron chi connectivity index (χ0n) is 8.12. The van der Waals surface area contributed by atoms with Gasteiger partial charge in [0.25, 0.3) is 0 Å². The summed E-state index contributed by atoms with van der Waals surface area (Å²) in [4.78, 5) is 11.1. The van der Waals surface area contributed by atoms with Crippen molar-refractivity contribution in [2.24, 2.45) is 0 Å². The third kappa shape index (κ3) is 7.74. The molecular formula is C9H19NO3. The Balaban J connectivity index is 3.38. The highest BCUT2D eigenvalue weighted by Gasteiger charge is 2.06. The van der Waals surface area contributed by atoms with Gasteiger partial charge >= 0.3 is 0 Å². The lowest BCUT2D eigenvalue weighted by Gasteiger charge is -2.10. The van der Waals surface area contributed by atoms with Crippen LogP contribution in [0.1, 0.15) is 39.0 Å². The molecule has 1 amide bonds. The molecule has 0 saturated heterocycles. The van der Waals surface area contributed by atoms with Crippen LogP contribution in [0.5, 0.6) is 0 Å². The predicted octanol–water partition coefficient (Wildman–Crippen LogP) is 0.384. The minimum Gasteiger partial charge on any atom is -0.396 e. The van der Waals surface area contributed by atoms with Crippen LogP contribution in [0.15, 0.2) is 0 Å². The molecule has 0 saturated carbocycles. The van der Waals surface area contributed by atoms with Crippen LogP contribution < -0.4 is 5.32 Å². The summed E-state index contributed by atoms with van der Waals surface area (Å²) in [6.45, 7) is 1.95. The molecule has 1 unspecified atom stereocenters. The van der Waals surface area contributed by atoms with E-state index >= 15 is 0 Å². The van der Waals surface area contributed by atoms with Crippen LogP contribution in [0.4, 0.5) is 0 Å². The Labute approximate surface area is 79.0 Å². The van der Waals surface area contributed by atoms with Crippen molar-refractivity contribution in [1.29, 1.82) is 0 Å². The van der Waals surface area contributed by atoms with Crippen LogP contribution in [0, 0.1) is 0 Å². The average Bonchev–Trinajstić information content (AvgIpc) is 2.05. The third-order valence-corrected chi connectivity index (χ3v) is 1.74. The second-order valence-corrected chi connectivity index (χ2v) is 3.05. The van der Waals surface area contributed by atoms with Gasteiger partial charge in [-0.2, -0.15) is 0 Å². The van der Waals surface area contributed by atoms with Crippen molar-refractivity contribution < 1.29 is 15.0 Å². The highest BCUT2D eigenvalue weighted by molar-refractivity contribution is 5.75. The van der Waals surface area contributed by atoms with E-state index in [0.717, 1.165) is 19.3 Å². The Kier molecular flexibility index (Phi) is 7.63. The zero-order chi connectivity index (χ0) is 10.1. The van der Waals surface area contributed by atoms with E-state index in [0.29, 0.717) is 6.42 Å². The lowest BCUT2D eigenvalue weighted by molar-refractivity contribution is -0.124. The highest BCUT2D eigenvalue weighted by Crippen LogP contribution is 1.98. The van der Waals surface area contributed by atoms with E-state index in [2.05, 4.69) is 12.2 Å². The summed E-state index contributed by atoms with van der Waals surface area (Å²) >= 11 is 0. The number of hydrogen-bond acceptors (Lipinski definition) is 3. The molecule has 0 aliphatic carbocycles. The van der Waals surface area contributed by atoms with E-state index in [4.69, 9.17) is 10.2 Å². The van der Waals surface area contributed by atoms with Gasteiger partial charge in [-0.3, -0.25) is 4.79 Å². The number of amides is 1. The standard InChI is InChI=1S/C9H19NO3/c1-2-3-4-5-8(12)10-9(13)6-7-11/h9,11,13H,2-7H2,1H3,(H,10,12). The summed E-state index contributed by atoms with van der Waals surface area (Å²) in [7, 11) is 0. The molecule has 0 aromatic heterocycles. The molecule has 4 nitrogen and oxygen atoms in total. The Hall–Kier alpha value is -0.610. The molecule has 0 aromatic rings. The first kappa shape index (κ1) is 12.4. The van der Waals surface area contributed by atoms with Crippen LogP contribution in [0.2, 0.25) is 0 Å². The smallest absolute Gasteiger partial charge is 0.221 e. The molecule has 0 aliphatic heterocycles. The second-order valence-electron chi connectivity index (χ2n) is 3.05. The summed E-state index contributed by atoms with van der Waals surface area (Å²) in [6.07, 6.45) is 2.71. The van der Waals surface area contributed by atoms with Crippen LogP contribution >= 0.6 is 0 Å². The van der Waals surface area contributed by atoms with Crippen LogP contribution in [0.25, 0.3) is 0 Å². The van der Waals surface area contributed by atoms with Crippen molar-refractivity contribution in [3.8, 4) is 0 Å². The van der Waals surface area contributed by atoms with Gasteiger partial charge in [0, 0.05) is 19.4 Å². The van der Waals surface area contributed by atoms with Gasteiger partial charge in [-0.15, -0.1) is 0 Å². The molecule has 1 atom stereocenters. The SMILES string of the molecule is CCCCCC(=O)NC(O)CCO. The van der Waals surface area contributed by atoms with Crippen molar-refractivity contribution in [2.75, 3.05) is 6.61 Å². The summed E-state index contributed by atoms with van der Waals surface area (Å²) in [5.74, 6) is -0.144. The van der Waals surface area contributed by atoms with Gasteiger partial charge < -0.3 is 15.5 Å². The molecule has 78 valence electrons. The molecular weight excluding hydrogens is 170 g/mol. The monoisotopic (exact) mass is 189 g/mol. The largest absolute Gasteiger partial charge is 0.396 e. The molecule has 3 N–H and O–H groups in total. The van der Waals surface area contributed by atoms with Crippen molar-refractivity contribution >= 4 is 5.91 Å². The van der Waals surface area contributed by atoms with Gasteiger partial charge in [-0.25, -0.2) is 0 Å². The minimum absolute atomic E-state index is 0.115. The number of rotatable bonds is 7. The molecule has 0 aliphatic rings. The predicted molar refractivity (Wildman–Crippen MR) is 50.0 cm³/mol. The fourth-order valence-electron chi connectivity index (χ4n) is 0.988. The van der Waals surface area contributed by atoms with Gasteiger partial charge in [0.1, 0.15) is 6.23 Å². The molecule has 0 rings (SSSR count). The van der Waals surface area contributed by atoms with E-state index in [1.54, 1.807) is 0 Å². The molecule has 13 heavy (non-hydrogen) atoms. The Bertz CT molecular complexity index is 139. The van der Waals surface area contributed by atoms with E-state index in [-0.39, 0.29) is 18.9 Å². The molecule has 0 spiro atoms. The van der Waals surface area contributed by atoms with Crippen molar-refractivity contribution in [2.45, 2.75) is 45.3 Å². The lowest BCUT2D eigenvalue weighted by Crippen LogP contribution is -2.35. The van der Waals surface area contributed by atoms with E-state index in [1.807, 2.05) is 0 Å². The summed E-state index contributed by atoms with van der Waals surface area (Å²) < 4.78 is 0. The maximum Gasteiger partial charge on any atom is 0.221 e. The Morgan fingerprint density at radius 2 is 2.15 bits per heavy atom. The molecule has 0 fully saturated rings. The van der Waals surface area contributed by atoms with Crippen molar-refractivity contribution in [3.63, 3.8) is 0 Å². The second kappa shape index (κ2) is 8.01. The first-order chi connectivity index (χ1) is 6.20. The quantitative estimate of drug-likeness (QED) is 0.400. The number of carbonyl (C=O) groups excluding carboxylic acids is 1. The number of hydrogen-bond donors (Lipinski definition) is 3. The van der Waals surface area contributed by atoms with Gasteiger partial charge in [0.2, 0.25) is 5.91 Å². The van der Waals surface area contributed by atoms with E-state index < -0.39 is 6.23 Å². The van der Waals surface area contributed by atoms with E-state index in [9.17, 15) is 4.79 Å². The van der Waals surface area contributed by atoms with Gasteiger partial charge in [-0.05, 0) is 6.42 Å². The number of unbranched alkanes of at least 4 members (excludes halogenated alkanes) is 2. The molecule has 0 aromatic carbocycles. The van der Waals surface area contributed by atoms with Gasteiger partial charge in [-0.1, -0.05) is 19.8 Å². The van der Waals surface area contributed by atoms with Gasteiger partial charge in [0.05, 0.1) is 0 Å². The third-order valence-electron chi connectivity index (χ3n) is 1.74. The van der Waals surface area contributed by atoms with Gasteiger partial charge in [0.15, 0.2) is 0 Å². The average molecular weight is 189 g/mol. The van der Waals surface area contributed by atoms with Crippen LogP contribution in [-0.4, -0.2) is 29.0 Å². The number of aliphatic hydroxyl groups is 2. The maximum atomic E-state index is 11.1. The van der Waals surface area contributed by atoms with Crippen molar-refractivity contribution in [1.82, 2.24) is 5.32 Å². The Morgan fingerprint density at radius 1 is 1.46 bits per heavy atom. The number of aliphatic hydroxyl groups excluding tert-OH is 2. The summed E-state index contributed by atoms with van der Waals surface area (Å²) in [6, 6.07) is 0. The number of nitrogens with one attached hydrogen (secondary N) is 1. The fraction of sp³-hybridized carbons (Fsp3) is 0.889. The van der Waals surface area contributed by atoms with Crippen LogP contribution in [0.3, 0.4) is 0 Å². The van der Waals surface area contributed by atoms with Crippen molar-refractivity contribution in [3.05, 3.63) is 0 Å².